The maximum absolute atomic E-state index is 11.9. The molecule has 0 bridgehead atoms. The van der Waals surface area contributed by atoms with Gasteiger partial charge in [-0.15, -0.1) is 11.3 Å². The highest BCUT2D eigenvalue weighted by Gasteiger charge is 2.41. The van der Waals surface area contributed by atoms with Crippen LogP contribution in [0.2, 0.25) is 0 Å². The predicted octanol–water partition coefficient (Wildman–Crippen LogP) is 1.85. The van der Waals surface area contributed by atoms with Crippen molar-refractivity contribution in [2.75, 3.05) is 25.1 Å². The minimum atomic E-state index is -2.96. The number of halogens is 1. The number of hydrogen-bond donors (Lipinski definition) is 1. The number of thiophene rings is 1. The van der Waals surface area contributed by atoms with Gasteiger partial charge < -0.3 is 5.73 Å². The molecule has 2 rings (SSSR count). The van der Waals surface area contributed by atoms with Gasteiger partial charge in [-0.25, -0.2) is 8.42 Å². The van der Waals surface area contributed by atoms with Gasteiger partial charge in [-0.05, 0) is 41.9 Å². The fraction of sp³-hybridized carbons (Fsp3) is 0.667. The second-order valence-corrected chi connectivity index (χ2v) is 9.31. The molecule has 1 fully saturated rings. The molecule has 4 nitrogen and oxygen atoms in total. The van der Waals surface area contributed by atoms with Gasteiger partial charge in [0.15, 0.2) is 9.84 Å². The van der Waals surface area contributed by atoms with Crippen LogP contribution in [0, 0.1) is 0 Å². The van der Waals surface area contributed by atoms with Crippen LogP contribution in [-0.4, -0.2) is 44.0 Å². The lowest BCUT2D eigenvalue weighted by Crippen LogP contribution is -2.58. The molecule has 0 saturated carbocycles. The second kappa shape index (κ2) is 5.81. The first-order chi connectivity index (χ1) is 8.87. The molecular weight excluding hydrogens is 348 g/mol. The monoisotopic (exact) mass is 366 g/mol. The normalized spacial score (nSPS) is 26.7. The van der Waals surface area contributed by atoms with Gasteiger partial charge in [-0.1, -0.05) is 0 Å². The number of hydrogen-bond acceptors (Lipinski definition) is 5. The van der Waals surface area contributed by atoms with Crippen molar-refractivity contribution in [3.8, 4) is 0 Å². The van der Waals surface area contributed by atoms with E-state index in [1.54, 1.807) is 11.3 Å². The molecule has 0 radical (unpaired) electrons. The van der Waals surface area contributed by atoms with E-state index in [1.807, 2.05) is 12.4 Å². The molecule has 1 atom stereocenters. The molecule has 0 aromatic carbocycles. The predicted molar refractivity (Wildman–Crippen MR) is 83.2 cm³/mol. The Kier molecular flexibility index (Phi) is 4.72. The Morgan fingerprint density at radius 3 is 2.84 bits per heavy atom. The highest BCUT2D eigenvalue weighted by Crippen LogP contribution is 2.30. The average Bonchev–Trinajstić information content (AvgIpc) is 2.73. The first-order valence-corrected chi connectivity index (χ1v) is 9.71. The van der Waals surface area contributed by atoms with Gasteiger partial charge in [0.05, 0.1) is 11.5 Å². The number of nitrogens with two attached hydrogens (primary N) is 1. The minimum Gasteiger partial charge on any atom is -0.329 e. The van der Waals surface area contributed by atoms with E-state index in [0.717, 1.165) is 17.4 Å². The Morgan fingerprint density at radius 1 is 1.58 bits per heavy atom. The minimum absolute atomic E-state index is 0.180. The molecule has 19 heavy (non-hydrogen) atoms. The molecule has 0 aliphatic carbocycles. The van der Waals surface area contributed by atoms with Crippen LogP contribution in [0.4, 0.5) is 0 Å². The lowest BCUT2D eigenvalue weighted by molar-refractivity contribution is 0.125. The Bertz CT molecular complexity index is 544. The Morgan fingerprint density at radius 2 is 2.32 bits per heavy atom. The van der Waals surface area contributed by atoms with Crippen LogP contribution in [0.5, 0.6) is 0 Å². The Labute approximate surface area is 127 Å². The van der Waals surface area contributed by atoms with Gasteiger partial charge in [0.2, 0.25) is 0 Å². The number of likely N-dealkylation sites (N-methyl/N-ethyl adjacent to an activating group) is 1. The molecule has 7 heteroatoms. The molecule has 1 aliphatic heterocycles. The summed E-state index contributed by atoms with van der Waals surface area (Å²) in [6.45, 7) is 1.12. The van der Waals surface area contributed by atoms with Gasteiger partial charge in [-0.3, -0.25) is 4.90 Å². The summed E-state index contributed by atoms with van der Waals surface area (Å²) in [4.78, 5) is 3.33. The van der Waals surface area contributed by atoms with Crippen molar-refractivity contribution < 1.29 is 8.42 Å². The molecule has 2 N–H and O–H groups in total. The summed E-state index contributed by atoms with van der Waals surface area (Å²) in [7, 11) is -0.989. The number of nitrogens with zero attached hydrogens (tertiary/aromatic N) is 1. The third-order valence-corrected chi connectivity index (χ3v) is 7.36. The fourth-order valence-corrected chi connectivity index (χ4v) is 6.16. The molecule has 0 spiro atoms. The average molecular weight is 367 g/mol. The molecule has 1 saturated heterocycles. The molecule has 1 unspecified atom stereocenters. The van der Waals surface area contributed by atoms with E-state index in [0.29, 0.717) is 18.7 Å². The smallest absolute Gasteiger partial charge is 0.152 e. The topological polar surface area (TPSA) is 63.4 Å². The van der Waals surface area contributed by atoms with Crippen LogP contribution >= 0.6 is 27.3 Å². The molecular formula is C12H19BrN2O2S2. The summed E-state index contributed by atoms with van der Waals surface area (Å²) in [6.07, 6.45) is 1.56. The van der Waals surface area contributed by atoms with E-state index >= 15 is 0 Å². The van der Waals surface area contributed by atoms with Crippen molar-refractivity contribution >= 4 is 37.1 Å². The maximum atomic E-state index is 11.9. The van der Waals surface area contributed by atoms with Crippen LogP contribution in [0.25, 0.3) is 0 Å². The molecule has 2 heterocycles. The first-order valence-electron chi connectivity index (χ1n) is 6.22. The van der Waals surface area contributed by atoms with E-state index in [9.17, 15) is 8.42 Å². The van der Waals surface area contributed by atoms with Gasteiger partial charge >= 0.3 is 0 Å². The van der Waals surface area contributed by atoms with Crippen molar-refractivity contribution in [2.45, 2.75) is 24.9 Å². The Hall–Kier alpha value is 0.0500. The van der Waals surface area contributed by atoms with E-state index < -0.39 is 15.4 Å². The zero-order valence-electron chi connectivity index (χ0n) is 10.9. The van der Waals surface area contributed by atoms with E-state index in [1.165, 1.54) is 4.88 Å². The van der Waals surface area contributed by atoms with Crippen LogP contribution < -0.4 is 5.73 Å². The quantitative estimate of drug-likeness (QED) is 0.882. The van der Waals surface area contributed by atoms with Crippen molar-refractivity contribution in [1.29, 1.82) is 0 Å². The van der Waals surface area contributed by atoms with Gasteiger partial charge in [0, 0.05) is 33.4 Å². The molecule has 0 amide bonds. The molecule has 1 aromatic heterocycles. The van der Waals surface area contributed by atoms with Crippen molar-refractivity contribution in [1.82, 2.24) is 4.90 Å². The molecule has 1 aromatic rings. The Balaban J connectivity index is 2.16. The van der Waals surface area contributed by atoms with Crippen LogP contribution in [-0.2, 0) is 16.4 Å². The van der Waals surface area contributed by atoms with E-state index in [2.05, 4.69) is 26.9 Å². The third kappa shape index (κ3) is 3.58. The standard InChI is InChI=1S/C12H19BrN2O2S2/c1-15(6-11-5-10(13)7-18-11)12(8-14)3-2-4-19(16,17)9-12/h5,7H,2-4,6,8-9,14H2,1H3. The summed E-state index contributed by atoms with van der Waals surface area (Å²) in [6, 6.07) is 2.07. The van der Waals surface area contributed by atoms with Crippen LogP contribution in [0.3, 0.4) is 0 Å². The third-order valence-electron chi connectivity index (χ3n) is 3.79. The highest BCUT2D eigenvalue weighted by molar-refractivity contribution is 9.10. The maximum Gasteiger partial charge on any atom is 0.152 e. The zero-order valence-corrected chi connectivity index (χ0v) is 14.2. The summed E-state index contributed by atoms with van der Waals surface area (Å²) in [5.41, 5.74) is 5.50. The lowest BCUT2D eigenvalue weighted by Gasteiger charge is -2.43. The fourth-order valence-electron chi connectivity index (χ4n) is 2.63. The summed E-state index contributed by atoms with van der Waals surface area (Å²) in [5, 5.41) is 2.04. The SMILES string of the molecule is CN(Cc1cc(Br)cs1)C1(CN)CCCS(=O)(=O)C1. The van der Waals surface area contributed by atoms with Gasteiger partial charge in [0.25, 0.3) is 0 Å². The van der Waals surface area contributed by atoms with E-state index in [-0.39, 0.29) is 5.75 Å². The summed E-state index contributed by atoms with van der Waals surface area (Å²) >= 11 is 5.11. The largest absolute Gasteiger partial charge is 0.329 e. The first kappa shape index (κ1) is 15.4. The van der Waals surface area contributed by atoms with Crippen molar-refractivity contribution in [3.63, 3.8) is 0 Å². The summed E-state index contributed by atoms with van der Waals surface area (Å²) < 4.78 is 24.9. The molecule has 108 valence electrons. The van der Waals surface area contributed by atoms with Crippen molar-refractivity contribution in [2.24, 2.45) is 5.73 Å². The lowest BCUT2D eigenvalue weighted by atomic mass is 9.93. The van der Waals surface area contributed by atoms with Gasteiger partial charge in [-0.2, -0.15) is 0 Å². The van der Waals surface area contributed by atoms with Crippen molar-refractivity contribution in [3.05, 3.63) is 20.8 Å². The summed E-state index contributed by atoms with van der Waals surface area (Å²) in [5.74, 6) is 0.479. The van der Waals surface area contributed by atoms with Crippen LogP contribution in [0.15, 0.2) is 15.9 Å². The van der Waals surface area contributed by atoms with Gasteiger partial charge in [0.1, 0.15) is 0 Å². The highest BCUT2D eigenvalue weighted by atomic mass is 79.9. The van der Waals surface area contributed by atoms with E-state index in [4.69, 9.17) is 5.73 Å². The second-order valence-electron chi connectivity index (χ2n) is 5.21. The number of rotatable bonds is 4. The van der Waals surface area contributed by atoms with Crippen LogP contribution in [0.1, 0.15) is 17.7 Å². The number of sulfone groups is 1. The molecule has 1 aliphatic rings. The zero-order chi connectivity index (χ0) is 14.1.